The number of unbranched alkanes of at least 4 members (excludes halogenated alkanes) is 1. The fraction of sp³-hybridized carbons (Fsp3) is 0.500. The standard InChI is InChI=1S/C32H45N5O5.2C2HF3O2/c1-4-6-10-23(5-2)21-41-32(40)42-37-29(33)26-15-13-24(14-16-26)20-35-30(38)22(3)36-31(39)28-19-27(17-18-34-28)25-11-8-7-9-12-25;2*3-2(4,5)1(6)7/h7-9,11-16,22-23,27-28,34H,4-6,10,17-21H2,1-3H3,(H2,33,37)(H,35,38)(H,36,39);2*(H,6,7)/t22-,23?,27-,28+;;/m0../s1. The summed E-state index contributed by atoms with van der Waals surface area (Å²) >= 11 is 0. The Balaban J connectivity index is 0.000000949. The molecule has 1 heterocycles. The van der Waals surface area contributed by atoms with Crippen LogP contribution in [0.4, 0.5) is 31.1 Å². The average molecular weight is 808 g/mol. The minimum atomic E-state index is -5.08. The van der Waals surface area contributed by atoms with E-state index in [-0.39, 0.29) is 30.2 Å². The molecule has 1 saturated heterocycles. The van der Waals surface area contributed by atoms with Crippen molar-refractivity contribution in [2.24, 2.45) is 16.8 Å². The van der Waals surface area contributed by atoms with Crippen molar-refractivity contribution in [1.29, 1.82) is 0 Å². The van der Waals surface area contributed by atoms with E-state index >= 15 is 0 Å². The number of oxime groups is 1. The number of amides is 2. The number of nitrogens with one attached hydrogen (secondary N) is 3. The molecule has 312 valence electrons. The number of carboxylic acids is 2. The first-order chi connectivity index (χ1) is 26.2. The molecule has 0 aromatic heterocycles. The zero-order chi connectivity index (χ0) is 42.5. The van der Waals surface area contributed by atoms with E-state index in [0.717, 1.165) is 44.2 Å². The van der Waals surface area contributed by atoms with Gasteiger partial charge in [-0.25, -0.2) is 14.4 Å². The Hall–Kier alpha value is -5.40. The molecule has 2 aromatic rings. The molecule has 1 unspecified atom stereocenters. The molecule has 1 fully saturated rings. The number of ether oxygens (including phenoxy) is 1. The highest BCUT2D eigenvalue weighted by Crippen LogP contribution is 2.27. The number of amidine groups is 1. The second-order valence-corrected chi connectivity index (χ2v) is 12.4. The summed E-state index contributed by atoms with van der Waals surface area (Å²) in [6.45, 7) is 7.17. The molecule has 2 amide bonds. The summed E-state index contributed by atoms with van der Waals surface area (Å²) in [5, 5.41) is 26.9. The van der Waals surface area contributed by atoms with Crippen LogP contribution >= 0.6 is 0 Å². The molecule has 14 nitrogen and oxygen atoms in total. The molecule has 0 bridgehead atoms. The van der Waals surface area contributed by atoms with Gasteiger partial charge in [0.25, 0.3) is 0 Å². The number of alkyl halides is 6. The predicted molar refractivity (Wildman–Crippen MR) is 190 cm³/mol. The van der Waals surface area contributed by atoms with Crippen molar-refractivity contribution in [3.05, 3.63) is 71.3 Å². The van der Waals surface area contributed by atoms with Crippen LogP contribution < -0.4 is 21.7 Å². The molecule has 3 rings (SSSR count). The van der Waals surface area contributed by atoms with Crippen molar-refractivity contribution in [3.8, 4) is 0 Å². The van der Waals surface area contributed by atoms with Gasteiger partial charge in [-0.05, 0) is 55.7 Å². The fourth-order valence-electron chi connectivity index (χ4n) is 4.91. The number of piperidine rings is 1. The Morgan fingerprint density at radius 2 is 1.52 bits per heavy atom. The summed E-state index contributed by atoms with van der Waals surface area (Å²) in [4.78, 5) is 60.0. The van der Waals surface area contributed by atoms with Gasteiger partial charge in [-0.3, -0.25) is 14.4 Å². The first-order valence-electron chi connectivity index (χ1n) is 17.4. The number of benzene rings is 2. The first kappa shape index (κ1) is 48.6. The number of rotatable bonds is 14. The normalized spacial score (nSPS) is 16.6. The van der Waals surface area contributed by atoms with Crippen LogP contribution in [0.15, 0.2) is 59.8 Å². The van der Waals surface area contributed by atoms with Crippen LogP contribution in [0.2, 0.25) is 0 Å². The van der Waals surface area contributed by atoms with E-state index in [4.69, 9.17) is 35.1 Å². The van der Waals surface area contributed by atoms with E-state index in [0.29, 0.717) is 30.4 Å². The van der Waals surface area contributed by atoms with Crippen LogP contribution in [0.3, 0.4) is 0 Å². The van der Waals surface area contributed by atoms with Crippen molar-refractivity contribution < 1.29 is 70.1 Å². The maximum atomic E-state index is 12.9. The molecule has 2 aromatic carbocycles. The molecule has 0 aliphatic carbocycles. The molecular weight excluding hydrogens is 760 g/mol. The molecule has 1 aliphatic rings. The summed E-state index contributed by atoms with van der Waals surface area (Å²) in [5.74, 6) is -5.33. The van der Waals surface area contributed by atoms with E-state index in [2.05, 4.69) is 47.1 Å². The van der Waals surface area contributed by atoms with Gasteiger partial charge in [-0.15, -0.1) is 0 Å². The van der Waals surface area contributed by atoms with E-state index in [1.165, 1.54) is 5.56 Å². The van der Waals surface area contributed by atoms with E-state index < -0.39 is 36.5 Å². The molecule has 1 aliphatic heterocycles. The van der Waals surface area contributed by atoms with Gasteiger partial charge in [-0.2, -0.15) is 26.3 Å². The maximum Gasteiger partial charge on any atom is 0.535 e. The summed E-state index contributed by atoms with van der Waals surface area (Å²) in [6, 6.07) is 16.2. The Morgan fingerprint density at radius 1 is 0.946 bits per heavy atom. The van der Waals surface area contributed by atoms with Gasteiger partial charge < -0.3 is 36.6 Å². The van der Waals surface area contributed by atoms with E-state index in [1.54, 1.807) is 31.2 Å². The minimum absolute atomic E-state index is 0.0303. The maximum absolute atomic E-state index is 12.9. The van der Waals surface area contributed by atoms with Crippen LogP contribution in [0.5, 0.6) is 0 Å². The summed E-state index contributed by atoms with van der Waals surface area (Å²) in [7, 11) is 0. The van der Waals surface area contributed by atoms with Crippen LogP contribution in [-0.4, -0.2) is 83.5 Å². The second kappa shape index (κ2) is 24.2. The van der Waals surface area contributed by atoms with Gasteiger partial charge in [0.1, 0.15) is 6.04 Å². The van der Waals surface area contributed by atoms with Crippen LogP contribution in [0, 0.1) is 5.92 Å². The summed E-state index contributed by atoms with van der Waals surface area (Å²) in [6.07, 6.45) is -5.29. The Labute approximate surface area is 319 Å². The Morgan fingerprint density at radius 3 is 2.04 bits per heavy atom. The van der Waals surface area contributed by atoms with Crippen molar-refractivity contribution in [2.75, 3.05) is 13.2 Å². The lowest BCUT2D eigenvalue weighted by Gasteiger charge is -2.30. The lowest BCUT2D eigenvalue weighted by molar-refractivity contribution is -0.193. The van der Waals surface area contributed by atoms with Crippen molar-refractivity contribution in [3.63, 3.8) is 0 Å². The molecule has 7 N–H and O–H groups in total. The molecule has 0 radical (unpaired) electrons. The van der Waals surface area contributed by atoms with E-state index in [1.807, 2.05) is 18.2 Å². The zero-order valence-corrected chi connectivity index (χ0v) is 30.9. The third-order valence-corrected chi connectivity index (χ3v) is 8.14. The minimum Gasteiger partial charge on any atom is -0.475 e. The number of hydrogen-bond acceptors (Lipinski definition) is 9. The van der Waals surface area contributed by atoms with Crippen molar-refractivity contribution >= 4 is 35.7 Å². The number of hydrogen-bond donors (Lipinski definition) is 6. The number of halogens is 6. The molecule has 56 heavy (non-hydrogen) atoms. The second-order valence-electron chi connectivity index (χ2n) is 12.4. The van der Waals surface area contributed by atoms with Crippen LogP contribution in [0.25, 0.3) is 0 Å². The van der Waals surface area contributed by atoms with Crippen LogP contribution in [-0.2, 0) is 35.3 Å². The summed E-state index contributed by atoms with van der Waals surface area (Å²) in [5.41, 5.74) is 8.57. The van der Waals surface area contributed by atoms with Gasteiger partial charge >= 0.3 is 30.4 Å². The third-order valence-electron chi connectivity index (χ3n) is 8.14. The SMILES string of the molecule is CCCCC(CC)COC(=O)O/N=C(\N)c1ccc(CNC(=O)[C@H](C)NC(=O)[C@H]2C[C@@H](c3ccccc3)CCN2)cc1.O=C(O)C(F)(F)F.O=C(O)C(F)(F)F. The largest absolute Gasteiger partial charge is 0.535 e. The summed E-state index contributed by atoms with van der Waals surface area (Å²) < 4.78 is 68.6. The topological polar surface area (TPSA) is 219 Å². The van der Waals surface area contributed by atoms with Gasteiger partial charge in [0.05, 0.1) is 12.6 Å². The lowest BCUT2D eigenvalue weighted by Crippen LogP contribution is -2.53. The quantitative estimate of drug-likeness (QED) is 0.0345. The van der Waals surface area contributed by atoms with Gasteiger partial charge in [0.15, 0.2) is 5.84 Å². The molecule has 0 spiro atoms. The highest BCUT2D eigenvalue weighted by atomic mass is 19.4. The molecule has 20 heteroatoms. The van der Waals surface area contributed by atoms with E-state index in [9.17, 15) is 40.7 Å². The highest BCUT2D eigenvalue weighted by molar-refractivity contribution is 5.97. The number of nitrogens with zero attached hydrogens (tertiary/aromatic N) is 1. The average Bonchev–Trinajstić information content (AvgIpc) is 3.16. The Bertz CT molecular complexity index is 1550. The Kier molecular flexibility index (Phi) is 21.0. The lowest BCUT2D eigenvalue weighted by atomic mass is 9.86. The first-order valence-corrected chi connectivity index (χ1v) is 17.4. The van der Waals surface area contributed by atoms with Gasteiger partial charge in [0, 0.05) is 12.1 Å². The third kappa shape index (κ3) is 19.3. The van der Waals surface area contributed by atoms with Gasteiger partial charge in [0.2, 0.25) is 11.8 Å². The molecular formula is C36H47F6N5O9. The van der Waals surface area contributed by atoms with Crippen LogP contribution in [0.1, 0.15) is 81.9 Å². The number of aliphatic carboxylic acids is 2. The predicted octanol–water partition coefficient (Wildman–Crippen LogP) is 5.60. The zero-order valence-electron chi connectivity index (χ0n) is 30.9. The monoisotopic (exact) mass is 807 g/mol. The smallest absolute Gasteiger partial charge is 0.475 e. The van der Waals surface area contributed by atoms with Gasteiger partial charge in [-0.1, -0.05) is 92.9 Å². The number of carbonyl (C=O) groups is 5. The number of carboxylic acid groups (broad SMARTS) is 2. The van der Waals surface area contributed by atoms with Crippen molar-refractivity contribution in [1.82, 2.24) is 16.0 Å². The fourth-order valence-corrected chi connectivity index (χ4v) is 4.91. The highest BCUT2D eigenvalue weighted by Gasteiger charge is 2.39. The molecule has 0 saturated carbocycles. The number of nitrogens with two attached hydrogens (primary N) is 1. The van der Waals surface area contributed by atoms with Crippen molar-refractivity contribution in [2.45, 2.75) is 96.2 Å². The molecule has 4 atom stereocenters. The number of carbonyl (C=O) groups excluding carboxylic acids is 3.